The van der Waals surface area contributed by atoms with Gasteiger partial charge >= 0.3 is 0 Å². The fourth-order valence-corrected chi connectivity index (χ4v) is 4.07. The predicted octanol–water partition coefficient (Wildman–Crippen LogP) is 11.6. The number of aliphatic hydroxyl groups excluding tert-OH is 1. The monoisotopic (exact) mass is 574 g/mol. The summed E-state index contributed by atoms with van der Waals surface area (Å²) in [7, 11) is 0. The molecular formula is C30H66Cl2NOTi-. The normalized spacial score (nSPS) is 9.94. The molecule has 2 nitrogen and oxygen atoms in total. The molecule has 35 heavy (non-hydrogen) atoms. The van der Waals surface area contributed by atoms with E-state index in [2.05, 4.69) is 26.1 Å². The van der Waals surface area contributed by atoms with Gasteiger partial charge in [0.1, 0.15) is 0 Å². The van der Waals surface area contributed by atoms with E-state index in [0.29, 0.717) is 6.61 Å². The summed E-state index contributed by atoms with van der Waals surface area (Å²) in [5.74, 6) is 0. The molecule has 5 heteroatoms. The van der Waals surface area contributed by atoms with Crippen LogP contribution < -0.4 is 0 Å². The number of hydrogen-bond acceptors (Lipinski definition) is 1. The zero-order valence-corrected chi connectivity index (χ0v) is 27.5. The zero-order valence-electron chi connectivity index (χ0n) is 24.3. The molecule has 0 aromatic rings. The van der Waals surface area contributed by atoms with Crippen molar-refractivity contribution in [2.75, 3.05) is 19.7 Å². The van der Waals surface area contributed by atoms with Crippen LogP contribution in [0.3, 0.4) is 0 Å². The molecule has 216 valence electrons. The molecule has 0 radical (unpaired) electrons. The van der Waals surface area contributed by atoms with Crippen molar-refractivity contribution in [2.45, 2.75) is 175 Å². The molecule has 0 rings (SSSR count). The van der Waals surface area contributed by atoms with Crippen LogP contribution in [-0.2, 0) is 21.7 Å². The van der Waals surface area contributed by atoms with E-state index in [1.165, 1.54) is 148 Å². The number of aliphatic hydroxyl groups is 1. The smallest absolute Gasteiger partial charge is 0.0431 e. The first-order valence-corrected chi connectivity index (χ1v) is 15.1. The maximum Gasteiger partial charge on any atom is 0.0431 e. The van der Waals surface area contributed by atoms with Crippen LogP contribution in [0.5, 0.6) is 0 Å². The van der Waals surface area contributed by atoms with Crippen molar-refractivity contribution in [3.05, 3.63) is 5.32 Å². The quantitative estimate of drug-likeness (QED) is 0.0808. The molecule has 0 saturated carbocycles. The first kappa shape index (κ1) is 46.1. The van der Waals surface area contributed by atoms with Crippen molar-refractivity contribution >= 4 is 24.8 Å². The summed E-state index contributed by atoms with van der Waals surface area (Å²) in [6, 6.07) is 0. The maximum atomic E-state index is 8.51. The van der Waals surface area contributed by atoms with Crippen LogP contribution in [0.1, 0.15) is 175 Å². The second-order valence-electron chi connectivity index (χ2n) is 9.82. The number of halogens is 2. The average molecular weight is 576 g/mol. The molecule has 0 aliphatic heterocycles. The third kappa shape index (κ3) is 52.5. The van der Waals surface area contributed by atoms with Gasteiger partial charge < -0.3 is 10.4 Å². The second kappa shape index (κ2) is 48.3. The van der Waals surface area contributed by atoms with Crippen LogP contribution in [0.2, 0.25) is 0 Å². The summed E-state index contributed by atoms with van der Waals surface area (Å²) in [6.45, 7) is 9.42. The molecule has 0 aliphatic carbocycles. The average Bonchev–Trinajstić information content (AvgIpc) is 2.81. The van der Waals surface area contributed by atoms with Crippen molar-refractivity contribution in [2.24, 2.45) is 0 Å². The Morgan fingerprint density at radius 1 is 0.371 bits per heavy atom. The van der Waals surface area contributed by atoms with E-state index in [4.69, 9.17) is 5.11 Å². The van der Waals surface area contributed by atoms with Crippen molar-refractivity contribution in [3.8, 4) is 0 Å². The van der Waals surface area contributed by atoms with Gasteiger partial charge in [-0.3, -0.25) is 0 Å². The van der Waals surface area contributed by atoms with E-state index in [1.807, 2.05) is 0 Å². The number of rotatable bonds is 26. The van der Waals surface area contributed by atoms with Gasteiger partial charge in [0.2, 0.25) is 0 Å². The standard InChI is InChI=1S/C20H42N.C10H22O.2ClH.Ti/c1-3-5-7-9-11-13-15-17-19-21-20-18-16-14-12-10-8-6-4-2;1-2-3-4-5-6-7-8-9-10-11;;;/h3-20H2,1-2H3;11H,2-10H2,1H3;2*1H;/q-1;;;;. The third-order valence-corrected chi connectivity index (χ3v) is 6.35. The largest absolute Gasteiger partial charge is 0.662 e. The molecular weight excluding hydrogens is 509 g/mol. The molecule has 0 spiro atoms. The van der Waals surface area contributed by atoms with E-state index < -0.39 is 0 Å². The summed E-state index contributed by atoms with van der Waals surface area (Å²) in [5, 5.41) is 13.2. The van der Waals surface area contributed by atoms with Crippen LogP contribution in [0, 0.1) is 0 Å². The minimum Gasteiger partial charge on any atom is -0.662 e. The van der Waals surface area contributed by atoms with E-state index in [1.54, 1.807) is 0 Å². The van der Waals surface area contributed by atoms with E-state index >= 15 is 0 Å². The van der Waals surface area contributed by atoms with Gasteiger partial charge in [-0.1, -0.05) is 168 Å². The Labute approximate surface area is 250 Å². The molecule has 0 bridgehead atoms. The fraction of sp³-hybridized carbons (Fsp3) is 1.00. The number of unbranched alkanes of at least 4 members (excludes halogenated alkanes) is 21. The molecule has 0 saturated heterocycles. The van der Waals surface area contributed by atoms with Gasteiger partial charge in [-0.15, -0.1) is 37.9 Å². The molecule has 0 atom stereocenters. The van der Waals surface area contributed by atoms with Crippen LogP contribution in [0.25, 0.3) is 5.32 Å². The molecule has 0 aromatic heterocycles. The summed E-state index contributed by atoms with van der Waals surface area (Å²) in [4.78, 5) is 0. The number of nitrogens with zero attached hydrogens (tertiary/aromatic N) is 1. The first-order valence-electron chi connectivity index (χ1n) is 15.1. The molecule has 0 fully saturated rings. The molecule has 0 heterocycles. The maximum absolute atomic E-state index is 8.51. The number of hydrogen-bond donors (Lipinski definition) is 1. The first-order chi connectivity index (χ1) is 15.8. The van der Waals surface area contributed by atoms with Crippen LogP contribution in [0.15, 0.2) is 0 Å². The summed E-state index contributed by atoms with van der Waals surface area (Å²) >= 11 is 0. The SMILES string of the molecule is CCCCCCCCCCO.CCCCCCCCCC[N-]CCCCCCCCCC.Cl.Cl.[Ti]. The van der Waals surface area contributed by atoms with Crippen molar-refractivity contribution < 1.29 is 26.8 Å². The zero-order chi connectivity index (χ0) is 23.8. The summed E-state index contributed by atoms with van der Waals surface area (Å²) < 4.78 is 0. The van der Waals surface area contributed by atoms with Crippen molar-refractivity contribution in [3.63, 3.8) is 0 Å². The Balaban J connectivity index is -0.000000185. The van der Waals surface area contributed by atoms with Crippen molar-refractivity contribution in [1.82, 2.24) is 0 Å². The van der Waals surface area contributed by atoms with Gasteiger partial charge in [-0.25, -0.2) is 0 Å². The Bertz CT molecular complexity index is 274. The Hall–Kier alpha value is 1.21. The molecule has 1 N–H and O–H groups in total. The van der Waals surface area contributed by atoms with Gasteiger partial charge in [0.05, 0.1) is 0 Å². The van der Waals surface area contributed by atoms with Gasteiger partial charge in [0.25, 0.3) is 0 Å². The minimum absolute atomic E-state index is 0. The summed E-state index contributed by atoms with van der Waals surface area (Å²) in [5.41, 5.74) is 0. The van der Waals surface area contributed by atoms with E-state index in [-0.39, 0.29) is 46.5 Å². The van der Waals surface area contributed by atoms with Crippen LogP contribution in [-0.4, -0.2) is 24.8 Å². The van der Waals surface area contributed by atoms with Crippen molar-refractivity contribution in [1.29, 1.82) is 0 Å². The second-order valence-corrected chi connectivity index (χ2v) is 9.82. The van der Waals surface area contributed by atoms with Gasteiger partial charge in [0, 0.05) is 28.3 Å². The molecule has 0 aliphatic rings. The molecule has 0 unspecified atom stereocenters. The molecule has 0 aromatic carbocycles. The minimum atomic E-state index is 0. The Kier molecular flexibility index (Phi) is 63.6. The van der Waals surface area contributed by atoms with Gasteiger partial charge in [-0.2, -0.15) is 0 Å². The van der Waals surface area contributed by atoms with E-state index in [0.717, 1.165) is 19.5 Å². The van der Waals surface area contributed by atoms with Gasteiger partial charge in [-0.05, 0) is 6.42 Å². The third-order valence-electron chi connectivity index (χ3n) is 6.35. The van der Waals surface area contributed by atoms with Gasteiger partial charge in [0.15, 0.2) is 0 Å². The van der Waals surface area contributed by atoms with E-state index in [9.17, 15) is 0 Å². The topological polar surface area (TPSA) is 34.3 Å². The fourth-order valence-electron chi connectivity index (χ4n) is 4.07. The Morgan fingerprint density at radius 2 is 0.600 bits per heavy atom. The summed E-state index contributed by atoms with van der Waals surface area (Å²) in [6.07, 6.45) is 32.9. The van der Waals surface area contributed by atoms with Crippen LogP contribution >= 0.6 is 24.8 Å². The molecule has 0 amide bonds. The van der Waals surface area contributed by atoms with Crippen LogP contribution in [0.4, 0.5) is 0 Å². The predicted molar refractivity (Wildman–Crippen MR) is 163 cm³/mol. The Morgan fingerprint density at radius 3 is 0.857 bits per heavy atom.